The van der Waals surface area contributed by atoms with Crippen LogP contribution >= 0.6 is 11.6 Å². The Morgan fingerprint density at radius 3 is 2.56 bits per heavy atom. The van der Waals surface area contributed by atoms with Crippen molar-refractivity contribution in [1.29, 1.82) is 0 Å². The normalized spacial score (nSPS) is 21.0. The molecule has 1 aliphatic rings. The largest absolute Gasteiger partial charge is 0.458 e. The number of halogens is 1. The van der Waals surface area contributed by atoms with Gasteiger partial charge in [-0.3, -0.25) is 4.79 Å². The van der Waals surface area contributed by atoms with Crippen LogP contribution in [0.25, 0.3) is 0 Å². The highest BCUT2D eigenvalue weighted by molar-refractivity contribution is 6.27. The Labute approximate surface area is 101 Å². The van der Waals surface area contributed by atoms with E-state index < -0.39 is 11.6 Å². The summed E-state index contributed by atoms with van der Waals surface area (Å²) in [4.78, 5) is 24.8. The Balaban J connectivity index is 2.65. The van der Waals surface area contributed by atoms with E-state index >= 15 is 0 Å². The van der Waals surface area contributed by atoms with Crippen LogP contribution in [-0.2, 0) is 14.3 Å². The third-order valence-electron chi connectivity index (χ3n) is 2.37. The number of rotatable bonds is 2. The zero-order valence-corrected chi connectivity index (χ0v) is 10.7. The summed E-state index contributed by atoms with van der Waals surface area (Å²) < 4.78 is 5.27. The molecular weight excluding hydrogens is 230 g/mol. The summed E-state index contributed by atoms with van der Waals surface area (Å²) in [6.45, 7) is 6.03. The van der Waals surface area contributed by atoms with E-state index in [1.54, 1.807) is 0 Å². The van der Waals surface area contributed by atoms with Crippen LogP contribution in [0.5, 0.6) is 0 Å². The molecule has 0 bridgehead atoms. The fourth-order valence-electron chi connectivity index (χ4n) is 1.76. The van der Waals surface area contributed by atoms with Gasteiger partial charge in [0.1, 0.15) is 17.5 Å². The Morgan fingerprint density at radius 1 is 1.44 bits per heavy atom. The van der Waals surface area contributed by atoms with Gasteiger partial charge in [0.25, 0.3) is 0 Å². The Bertz CT molecular complexity index is 285. The molecule has 0 radical (unpaired) electrons. The molecule has 0 spiro atoms. The fourth-order valence-corrected chi connectivity index (χ4v) is 1.91. The van der Waals surface area contributed by atoms with Crippen molar-refractivity contribution in [3.8, 4) is 0 Å². The number of carbonyl (C=O) groups excluding carboxylic acids is 2. The second kappa shape index (κ2) is 5.04. The van der Waals surface area contributed by atoms with Crippen LogP contribution in [0.2, 0.25) is 0 Å². The van der Waals surface area contributed by atoms with E-state index in [1.165, 1.54) is 4.90 Å². The second-order valence-corrected chi connectivity index (χ2v) is 5.18. The van der Waals surface area contributed by atoms with Gasteiger partial charge in [-0.25, -0.2) is 4.79 Å². The molecule has 4 nitrogen and oxygen atoms in total. The van der Waals surface area contributed by atoms with Crippen molar-refractivity contribution in [2.75, 3.05) is 12.4 Å². The summed E-state index contributed by atoms with van der Waals surface area (Å²) in [5, 5.41) is 0. The summed E-state index contributed by atoms with van der Waals surface area (Å²) >= 11 is 5.49. The average molecular weight is 248 g/mol. The van der Waals surface area contributed by atoms with Gasteiger partial charge in [-0.2, -0.15) is 0 Å². The standard InChI is InChI=1S/C11H18ClNO3/c1-11(2,3)16-10(15)8-5-4-6-13(8)9(14)7-12/h8H,4-7H2,1-3H3/t8-/m0/s1. The quantitative estimate of drug-likeness (QED) is 0.550. The number of hydrogen-bond donors (Lipinski definition) is 0. The molecule has 0 N–H and O–H groups in total. The molecule has 0 aliphatic carbocycles. The van der Waals surface area contributed by atoms with E-state index in [0.29, 0.717) is 13.0 Å². The third-order valence-corrected chi connectivity index (χ3v) is 2.59. The minimum Gasteiger partial charge on any atom is -0.458 e. The van der Waals surface area contributed by atoms with Gasteiger partial charge in [-0.15, -0.1) is 11.6 Å². The lowest BCUT2D eigenvalue weighted by molar-refractivity contribution is -0.162. The molecular formula is C11H18ClNO3. The third kappa shape index (κ3) is 3.37. The minimum atomic E-state index is -0.518. The van der Waals surface area contributed by atoms with Gasteiger partial charge in [-0.05, 0) is 33.6 Å². The number of hydrogen-bond acceptors (Lipinski definition) is 3. The van der Waals surface area contributed by atoms with Gasteiger partial charge < -0.3 is 9.64 Å². The molecule has 1 fully saturated rings. The first-order chi connectivity index (χ1) is 7.35. The summed E-state index contributed by atoms with van der Waals surface area (Å²) in [7, 11) is 0. The molecule has 5 heteroatoms. The van der Waals surface area contributed by atoms with Gasteiger partial charge in [0.15, 0.2) is 0 Å². The molecule has 1 amide bonds. The van der Waals surface area contributed by atoms with E-state index in [4.69, 9.17) is 16.3 Å². The summed E-state index contributed by atoms with van der Waals surface area (Å²) in [6.07, 6.45) is 1.49. The lowest BCUT2D eigenvalue weighted by Gasteiger charge is -2.26. The minimum absolute atomic E-state index is 0.0840. The molecule has 0 aromatic heterocycles. The SMILES string of the molecule is CC(C)(C)OC(=O)[C@@H]1CCCN1C(=O)CCl. The maximum atomic E-state index is 11.8. The van der Waals surface area contributed by atoms with Gasteiger partial charge in [0.2, 0.25) is 5.91 Å². The molecule has 1 atom stereocenters. The number of likely N-dealkylation sites (tertiary alicyclic amines) is 1. The van der Waals surface area contributed by atoms with Gasteiger partial charge in [0.05, 0.1) is 0 Å². The van der Waals surface area contributed by atoms with Crippen LogP contribution in [0.15, 0.2) is 0 Å². The fraction of sp³-hybridized carbons (Fsp3) is 0.818. The maximum Gasteiger partial charge on any atom is 0.329 e. The van der Waals surface area contributed by atoms with Gasteiger partial charge in [0, 0.05) is 6.54 Å². The molecule has 0 unspecified atom stereocenters. The molecule has 0 aromatic carbocycles. The van der Waals surface area contributed by atoms with E-state index in [2.05, 4.69) is 0 Å². The van der Waals surface area contributed by atoms with Crippen LogP contribution in [0.1, 0.15) is 33.6 Å². The second-order valence-electron chi connectivity index (χ2n) is 4.91. The van der Waals surface area contributed by atoms with Crippen molar-refractivity contribution in [2.45, 2.75) is 45.3 Å². The summed E-state index contributed by atoms with van der Waals surface area (Å²) in [6, 6.07) is -0.453. The van der Waals surface area contributed by atoms with Crippen molar-refractivity contribution in [3.63, 3.8) is 0 Å². The number of nitrogens with zero attached hydrogens (tertiary/aromatic N) is 1. The maximum absolute atomic E-state index is 11.8. The highest BCUT2D eigenvalue weighted by Gasteiger charge is 2.36. The summed E-state index contributed by atoms with van der Waals surface area (Å²) in [5.74, 6) is -0.613. The lowest BCUT2D eigenvalue weighted by atomic mass is 10.1. The number of carbonyl (C=O) groups is 2. The highest BCUT2D eigenvalue weighted by atomic mass is 35.5. The predicted octanol–water partition coefficient (Wildman–Crippen LogP) is 1.56. The lowest BCUT2D eigenvalue weighted by Crippen LogP contribution is -2.44. The number of ether oxygens (including phenoxy) is 1. The van der Waals surface area contributed by atoms with Crippen LogP contribution in [0.3, 0.4) is 0 Å². The Kier molecular flexibility index (Phi) is 4.19. The first-order valence-corrected chi connectivity index (χ1v) is 5.97. The first-order valence-electron chi connectivity index (χ1n) is 5.43. The number of alkyl halides is 1. The zero-order valence-electron chi connectivity index (χ0n) is 9.96. The zero-order chi connectivity index (χ0) is 12.3. The van der Waals surface area contributed by atoms with E-state index in [1.807, 2.05) is 20.8 Å². The molecule has 1 saturated heterocycles. The topological polar surface area (TPSA) is 46.6 Å². The number of amides is 1. The molecule has 92 valence electrons. The van der Waals surface area contributed by atoms with Crippen molar-refractivity contribution >= 4 is 23.5 Å². The Morgan fingerprint density at radius 2 is 2.06 bits per heavy atom. The van der Waals surface area contributed by atoms with Crippen LogP contribution in [0.4, 0.5) is 0 Å². The van der Waals surface area contributed by atoms with E-state index in [0.717, 1.165) is 6.42 Å². The van der Waals surface area contributed by atoms with Crippen LogP contribution in [-0.4, -0.2) is 40.8 Å². The molecule has 0 aromatic rings. The summed E-state index contributed by atoms with van der Waals surface area (Å²) in [5.41, 5.74) is -0.518. The molecule has 1 heterocycles. The first kappa shape index (κ1) is 13.3. The number of esters is 1. The van der Waals surface area contributed by atoms with Gasteiger partial charge in [-0.1, -0.05) is 0 Å². The van der Waals surface area contributed by atoms with Crippen molar-refractivity contribution in [1.82, 2.24) is 4.90 Å². The highest BCUT2D eigenvalue weighted by Crippen LogP contribution is 2.21. The predicted molar refractivity (Wildman–Crippen MR) is 61.3 cm³/mol. The van der Waals surface area contributed by atoms with Gasteiger partial charge >= 0.3 is 5.97 Å². The van der Waals surface area contributed by atoms with E-state index in [-0.39, 0.29) is 17.8 Å². The Hall–Kier alpha value is -0.770. The van der Waals surface area contributed by atoms with Crippen molar-refractivity contribution in [2.24, 2.45) is 0 Å². The molecule has 16 heavy (non-hydrogen) atoms. The molecule has 0 saturated carbocycles. The van der Waals surface area contributed by atoms with Crippen LogP contribution in [0, 0.1) is 0 Å². The van der Waals surface area contributed by atoms with Crippen LogP contribution < -0.4 is 0 Å². The average Bonchev–Trinajstić information content (AvgIpc) is 2.62. The molecule has 1 aliphatic heterocycles. The smallest absolute Gasteiger partial charge is 0.329 e. The molecule has 1 rings (SSSR count). The van der Waals surface area contributed by atoms with Crippen molar-refractivity contribution in [3.05, 3.63) is 0 Å². The van der Waals surface area contributed by atoms with E-state index in [9.17, 15) is 9.59 Å². The van der Waals surface area contributed by atoms with Crippen molar-refractivity contribution < 1.29 is 14.3 Å². The monoisotopic (exact) mass is 247 g/mol.